The second kappa shape index (κ2) is 9.26. The number of ether oxygens (including phenoxy) is 2. The van der Waals surface area contributed by atoms with Crippen molar-refractivity contribution in [3.8, 4) is 17.0 Å². The first-order valence-corrected chi connectivity index (χ1v) is 11.0. The Morgan fingerprint density at radius 1 is 1.23 bits per heavy atom. The van der Waals surface area contributed by atoms with Gasteiger partial charge in [-0.05, 0) is 36.6 Å². The Morgan fingerprint density at radius 3 is 2.87 bits per heavy atom. The number of esters is 1. The van der Waals surface area contributed by atoms with Gasteiger partial charge in [0, 0.05) is 35.2 Å². The van der Waals surface area contributed by atoms with E-state index in [1.54, 1.807) is 29.8 Å². The molecule has 160 valence electrons. The van der Waals surface area contributed by atoms with Crippen molar-refractivity contribution in [2.45, 2.75) is 17.9 Å². The fourth-order valence-electron chi connectivity index (χ4n) is 3.52. The molecule has 0 N–H and O–H groups in total. The zero-order valence-electron chi connectivity index (χ0n) is 17.2. The molecule has 4 rings (SSSR count). The minimum Gasteiger partial charge on any atom is -0.496 e. The van der Waals surface area contributed by atoms with Crippen LogP contribution in [0.4, 0.5) is 5.69 Å². The van der Waals surface area contributed by atoms with Gasteiger partial charge in [-0.1, -0.05) is 23.4 Å². The van der Waals surface area contributed by atoms with Gasteiger partial charge in [-0.15, -0.1) is 11.8 Å². The summed E-state index contributed by atoms with van der Waals surface area (Å²) in [6.07, 6.45) is 2.11. The van der Waals surface area contributed by atoms with Gasteiger partial charge < -0.3 is 18.9 Å². The lowest BCUT2D eigenvalue weighted by atomic mass is 10.1. The number of methoxy groups -OCH3 is 1. The van der Waals surface area contributed by atoms with Crippen molar-refractivity contribution in [3.05, 3.63) is 60.4 Å². The Kier molecular flexibility index (Phi) is 6.27. The van der Waals surface area contributed by atoms with Crippen molar-refractivity contribution in [1.29, 1.82) is 0 Å². The lowest BCUT2D eigenvalue weighted by Crippen LogP contribution is -2.26. The van der Waals surface area contributed by atoms with Crippen molar-refractivity contribution < 1.29 is 23.6 Å². The Hall–Kier alpha value is -3.26. The molecule has 1 aliphatic rings. The second-order valence-electron chi connectivity index (χ2n) is 7.09. The van der Waals surface area contributed by atoms with Crippen LogP contribution in [0.5, 0.6) is 5.75 Å². The van der Waals surface area contributed by atoms with Crippen LogP contribution < -0.4 is 9.64 Å². The first-order chi connectivity index (χ1) is 15.1. The van der Waals surface area contributed by atoms with Crippen LogP contribution >= 0.6 is 11.8 Å². The normalized spacial score (nSPS) is 15.9. The number of rotatable bonds is 7. The third-order valence-electron chi connectivity index (χ3n) is 5.12. The highest BCUT2D eigenvalue weighted by atomic mass is 32.2. The van der Waals surface area contributed by atoms with Crippen LogP contribution in [0.2, 0.25) is 0 Å². The molecule has 8 heteroatoms. The quantitative estimate of drug-likeness (QED) is 0.404. The number of aromatic nitrogens is 1. The third kappa shape index (κ3) is 4.59. The SMILES string of the molecule is COc1ccccc1-c1cc(COC(=O)[C@@H]2CC(=O)N(c3cccc(SC)c3)C2)on1. The topological polar surface area (TPSA) is 81.9 Å². The van der Waals surface area contributed by atoms with E-state index in [9.17, 15) is 9.59 Å². The molecule has 0 spiro atoms. The molecule has 1 saturated heterocycles. The maximum absolute atomic E-state index is 12.6. The number of carbonyl (C=O) groups excluding carboxylic acids is 2. The number of benzene rings is 2. The Bertz CT molecular complexity index is 1100. The van der Waals surface area contributed by atoms with Gasteiger partial charge in [0.2, 0.25) is 5.91 Å². The summed E-state index contributed by atoms with van der Waals surface area (Å²) in [5.41, 5.74) is 2.18. The lowest BCUT2D eigenvalue weighted by Gasteiger charge is -2.17. The number of thioether (sulfide) groups is 1. The van der Waals surface area contributed by atoms with Gasteiger partial charge in [0.05, 0.1) is 13.0 Å². The molecule has 1 amide bonds. The average molecular weight is 439 g/mol. The van der Waals surface area contributed by atoms with Crippen LogP contribution in [-0.4, -0.2) is 36.9 Å². The van der Waals surface area contributed by atoms with E-state index in [4.69, 9.17) is 14.0 Å². The molecular weight excluding hydrogens is 416 g/mol. The number of hydrogen-bond acceptors (Lipinski definition) is 7. The van der Waals surface area contributed by atoms with Crippen molar-refractivity contribution >= 4 is 29.3 Å². The zero-order chi connectivity index (χ0) is 21.8. The highest BCUT2D eigenvalue weighted by Crippen LogP contribution is 2.30. The Balaban J connectivity index is 1.37. The van der Waals surface area contributed by atoms with E-state index in [-0.39, 0.29) is 18.9 Å². The van der Waals surface area contributed by atoms with Crippen molar-refractivity contribution in [2.24, 2.45) is 5.92 Å². The minimum absolute atomic E-state index is 0.0480. The van der Waals surface area contributed by atoms with E-state index < -0.39 is 11.9 Å². The van der Waals surface area contributed by atoms with Gasteiger partial charge in [0.1, 0.15) is 11.4 Å². The van der Waals surface area contributed by atoms with E-state index >= 15 is 0 Å². The fourth-order valence-corrected chi connectivity index (χ4v) is 3.97. The first kappa shape index (κ1) is 21.0. The van der Waals surface area contributed by atoms with Gasteiger partial charge in [0.25, 0.3) is 0 Å². The van der Waals surface area contributed by atoms with Crippen LogP contribution in [0.15, 0.2) is 64.0 Å². The van der Waals surface area contributed by atoms with Gasteiger partial charge in [-0.3, -0.25) is 9.59 Å². The zero-order valence-corrected chi connectivity index (χ0v) is 18.1. The van der Waals surface area contributed by atoms with Crippen LogP contribution in [0.1, 0.15) is 12.2 Å². The minimum atomic E-state index is -0.512. The van der Waals surface area contributed by atoms with Gasteiger partial charge in [-0.25, -0.2) is 0 Å². The summed E-state index contributed by atoms with van der Waals surface area (Å²) in [5.74, 6) is 0.0741. The summed E-state index contributed by atoms with van der Waals surface area (Å²) in [4.78, 5) is 27.7. The van der Waals surface area contributed by atoms with Crippen LogP contribution in [0.25, 0.3) is 11.3 Å². The third-order valence-corrected chi connectivity index (χ3v) is 5.85. The summed E-state index contributed by atoms with van der Waals surface area (Å²) < 4.78 is 16.1. The van der Waals surface area contributed by atoms with E-state index in [0.717, 1.165) is 16.1 Å². The molecule has 2 aromatic carbocycles. The summed E-state index contributed by atoms with van der Waals surface area (Å²) in [7, 11) is 1.59. The molecule has 7 nitrogen and oxygen atoms in total. The molecule has 2 heterocycles. The standard InChI is InChI=1S/C23H22N2O5S/c1-28-21-9-4-3-8-19(21)20-12-17(30-24-20)14-29-23(27)15-10-22(26)25(13-15)16-6-5-7-18(11-16)31-2/h3-9,11-12,15H,10,13-14H2,1-2H3/t15-/m1/s1. The Morgan fingerprint density at radius 2 is 2.06 bits per heavy atom. The maximum Gasteiger partial charge on any atom is 0.311 e. The number of nitrogens with zero attached hydrogens (tertiary/aromatic N) is 2. The largest absolute Gasteiger partial charge is 0.496 e. The molecule has 3 aromatic rings. The van der Waals surface area contributed by atoms with E-state index in [1.807, 2.05) is 54.8 Å². The summed E-state index contributed by atoms with van der Waals surface area (Å²) >= 11 is 1.60. The maximum atomic E-state index is 12.6. The van der Waals surface area contributed by atoms with Gasteiger partial charge in [0.15, 0.2) is 12.4 Å². The van der Waals surface area contributed by atoms with Crippen molar-refractivity contribution in [1.82, 2.24) is 5.16 Å². The van der Waals surface area contributed by atoms with Crippen LogP contribution in [0, 0.1) is 5.92 Å². The number of anilines is 1. The van der Waals surface area contributed by atoms with Gasteiger partial charge >= 0.3 is 5.97 Å². The molecule has 1 fully saturated rings. The van der Waals surface area contributed by atoms with E-state index in [2.05, 4.69) is 5.16 Å². The first-order valence-electron chi connectivity index (χ1n) is 9.79. The summed E-state index contributed by atoms with van der Waals surface area (Å²) in [6, 6.07) is 16.9. The molecule has 1 aliphatic heterocycles. The highest BCUT2D eigenvalue weighted by molar-refractivity contribution is 7.98. The molecule has 1 aromatic heterocycles. The number of carbonyl (C=O) groups is 2. The van der Waals surface area contributed by atoms with E-state index in [1.165, 1.54) is 0 Å². The molecule has 0 aliphatic carbocycles. The fraction of sp³-hybridized carbons (Fsp3) is 0.261. The second-order valence-corrected chi connectivity index (χ2v) is 7.97. The van der Waals surface area contributed by atoms with Crippen molar-refractivity contribution in [2.75, 3.05) is 24.8 Å². The van der Waals surface area contributed by atoms with Crippen molar-refractivity contribution in [3.63, 3.8) is 0 Å². The predicted molar refractivity (Wildman–Crippen MR) is 117 cm³/mol. The molecule has 0 unspecified atom stereocenters. The number of amides is 1. The predicted octanol–water partition coefficient (Wildman–Crippen LogP) is 4.17. The average Bonchev–Trinajstić information content (AvgIpc) is 3.44. The van der Waals surface area contributed by atoms with Gasteiger partial charge in [-0.2, -0.15) is 0 Å². The number of para-hydroxylation sites is 1. The highest BCUT2D eigenvalue weighted by Gasteiger charge is 2.36. The molecule has 1 atom stereocenters. The molecule has 31 heavy (non-hydrogen) atoms. The summed E-state index contributed by atoms with van der Waals surface area (Å²) in [6.45, 7) is 0.256. The molecule has 0 radical (unpaired) electrons. The van der Waals surface area contributed by atoms with E-state index in [0.29, 0.717) is 23.7 Å². The monoisotopic (exact) mass is 438 g/mol. The number of hydrogen-bond donors (Lipinski definition) is 0. The Labute approximate surface area is 184 Å². The summed E-state index contributed by atoms with van der Waals surface area (Å²) in [5, 5.41) is 4.04. The smallest absolute Gasteiger partial charge is 0.311 e. The lowest BCUT2D eigenvalue weighted by molar-refractivity contribution is -0.150. The molecular formula is C23H22N2O5S. The van der Waals surface area contributed by atoms with Crippen LogP contribution in [-0.2, 0) is 20.9 Å². The molecule has 0 saturated carbocycles. The van der Waals surface area contributed by atoms with Crippen LogP contribution in [0.3, 0.4) is 0 Å². The molecule has 0 bridgehead atoms.